The summed E-state index contributed by atoms with van der Waals surface area (Å²) in [5.74, 6) is -0.665. The van der Waals surface area contributed by atoms with Crippen LogP contribution in [0, 0.1) is 0 Å². The topological polar surface area (TPSA) is 86.8 Å². The van der Waals surface area contributed by atoms with Crippen molar-refractivity contribution in [1.82, 2.24) is 10.2 Å². The zero-order valence-electron chi connectivity index (χ0n) is 21.7. The molecule has 7 nitrogen and oxygen atoms in total. The maximum Gasteiger partial charge on any atom is 0.244 e. The predicted molar refractivity (Wildman–Crippen MR) is 142 cm³/mol. The van der Waals surface area contributed by atoms with Crippen molar-refractivity contribution in [2.75, 3.05) is 23.7 Å². The van der Waals surface area contributed by atoms with Gasteiger partial charge in [-0.15, -0.1) is 0 Å². The van der Waals surface area contributed by atoms with Gasteiger partial charge < -0.3 is 10.2 Å². The number of aryl methyl sites for hydroxylation is 1. The van der Waals surface area contributed by atoms with Crippen LogP contribution in [0.1, 0.15) is 52.2 Å². The first-order valence-corrected chi connectivity index (χ1v) is 13.9. The Morgan fingerprint density at radius 3 is 2.03 bits per heavy atom. The summed E-state index contributed by atoms with van der Waals surface area (Å²) >= 11 is 0. The van der Waals surface area contributed by atoms with Gasteiger partial charge in [-0.3, -0.25) is 13.9 Å². The van der Waals surface area contributed by atoms with Gasteiger partial charge in [-0.25, -0.2) is 8.42 Å². The molecular formula is C27H39N3O4S. The molecule has 0 spiro atoms. The number of carbonyl (C=O) groups excluding carboxylic acids is 2. The van der Waals surface area contributed by atoms with Gasteiger partial charge in [0, 0.05) is 12.1 Å². The summed E-state index contributed by atoms with van der Waals surface area (Å²) in [5, 5.41) is 2.97. The summed E-state index contributed by atoms with van der Waals surface area (Å²) < 4.78 is 26.4. The number of sulfonamides is 1. The second-order valence-corrected chi connectivity index (χ2v) is 11.7. The Hall–Kier alpha value is -2.87. The summed E-state index contributed by atoms with van der Waals surface area (Å²) in [4.78, 5) is 28.3. The number of nitrogens with one attached hydrogen (secondary N) is 1. The first-order valence-electron chi connectivity index (χ1n) is 12.1. The summed E-state index contributed by atoms with van der Waals surface area (Å²) in [5.41, 5.74) is 2.07. The second-order valence-electron chi connectivity index (χ2n) is 9.78. The molecule has 0 bridgehead atoms. The van der Waals surface area contributed by atoms with Gasteiger partial charge in [0.05, 0.1) is 11.9 Å². The molecule has 2 amide bonds. The van der Waals surface area contributed by atoms with Crippen LogP contribution < -0.4 is 9.62 Å². The minimum absolute atomic E-state index is 0.250. The zero-order chi connectivity index (χ0) is 26.2. The van der Waals surface area contributed by atoms with E-state index < -0.39 is 27.5 Å². The van der Waals surface area contributed by atoms with E-state index in [9.17, 15) is 18.0 Å². The molecule has 0 saturated carbocycles. The van der Waals surface area contributed by atoms with Crippen molar-refractivity contribution in [1.29, 1.82) is 0 Å². The zero-order valence-corrected chi connectivity index (χ0v) is 22.6. The summed E-state index contributed by atoms with van der Waals surface area (Å²) in [6, 6.07) is 16.1. The molecule has 0 fully saturated rings. The minimum Gasteiger partial charge on any atom is -0.350 e. The molecule has 0 saturated heterocycles. The smallest absolute Gasteiger partial charge is 0.244 e. The molecule has 2 aromatic carbocycles. The Balaban J connectivity index is 2.37. The van der Waals surface area contributed by atoms with E-state index in [1.165, 1.54) is 4.90 Å². The van der Waals surface area contributed by atoms with Crippen LogP contribution in [0.15, 0.2) is 54.6 Å². The Morgan fingerprint density at radius 1 is 0.943 bits per heavy atom. The van der Waals surface area contributed by atoms with Gasteiger partial charge in [0.1, 0.15) is 12.6 Å². The van der Waals surface area contributed by atoms with Gasteiger partial charge in [-0.1, -0.05) is 56.3 Å². The third kappa shape index (κ3) is 8.69. The van der Waals surface area contributed by atoms with Gasteiger partial charge in [0.15, 0.2) is 0 Å². The molecule has 1 N–H and O–H groups in total. The summed E-state index contributed by atoms with van der Waals surface area (Å²) in [7, 11) is -3.73. The van der Waals surface area contributed by atoms with E-state index in [0.29, 0.717) is 25.1 Å². The monoisotopic (exact) mass is 501 g/mol. The summed E-state index contributed by atoms with van der Waals surface area (Å²) in [6.07, 6.45) is 2.88. The highest BCUT2D eigenvalue weighted by molar-refractivity contribution is 7.92. The maximum atomic E-state index is 13.6. The number of anilines is 1. The quantitative estimate of drug-likeness (QED) is 0.508. The predicted octanol–water partition coefficient (Wildman–Crippen LogP) is 3.78. The first kappa shape index (κ1) is 28.4. The number of carbonyl (C=O) groups is 2. The summed E-state index contributed by atoms with van der Waals surface area (Å²) in [6.45, 7) is 9.46. The number of amides is 2. The van der Waals surface area contributed by atoms with E-state index in [0.717, 1.165) is 28.1 Å². The molecule has 0 aliphatic carbocycles. The van der Waals surface area contributed by atoms with Crippen molar-refractivity contribution in [2.24, 2.45) is 0 Å². The number of hydrogen-bond donors (Lipinski definition) is 1. The first-order chi connectivity index (χ1) is 16.4. The van der Waals surface area contributed by atoms with Crippen LogP contribution in [-0.2, 0) is 32.5 Å². The maximum absolute atomic E-state index is 13.6. The molecule has 8 heteroatoms. The standard InChI is InChI=1S/C27H39N3O4S/c1-7-21-14-16-23(17-15-21)30(35(6,33)34)20-25(31)29(19-18-22-12-10-9-11-13-22)24(8-2)26(32)28-27(3,4)5/h9-17,24H,7-8,18-20H2,1-6H3,(H,28,32)/t24-/m0/s1. The molecule has 1 atom stereocenters. The molecule has 35 heavy (non-hydrogen) atoms. The number of nitrogens with zero attached hydrogens (tertiary/aromatic N) is 2. The largest absolute Gasteiger partial charge is 0.350 e. The van der Waals surface area contributed by atoms with Gasteiger partial charge in [-0.2, -0.15) is 0 Å². The van der Waals surface area contributed by atoms with Crippen LogP contribution in [0.25, 0.3) is 0 Å². The Bertz CT molecular complexity index is 1080. The average molecular weight is 502 g/mol. The second kappa shape index (κ2) is 12.2. The van der Waals surface area contributed by atoms with Gasteiger partial charge in [0.25, 0.3) is 0 Å². The molecule has 0 unspecified atom stereocenters. The molecule has 0 radical (unpaired) electrons. The van der Waals surface area contributed by atoms with Crippen molar-refractivity contribution in [3.63, 3.8) is 0 Å². The molecule has 2 aromatic rings. The highest BCUT2D eigenvalue weighted by Crippen LogP contribution is 2.20. The van der Waals surface area contributed by atoms with Crippen molar-refractivity contribution < 1.29 is 18.0 Å². The Kier molecular flexibility index (Phi) is 9.89. The average Bonchev–Trinajstić information content (AvgIpc) is 2.78. The van der Waals surface area contributed by atoms with E-state index in [1.54, 1.807) is 12.1 Å². The van der Waals surface area contributed by atoms with Crippen LogP contribution in [0.3, 0.4) is 0 Å². The van der Waals surface area contributed by atoms with E-state index in [4.69, 9.17) is 0 Å². The fourth-order valence-corrected chi connectivity index (χ4v) is 4.71. The highest BCUT2D eigenvalue weighted by Gasteiger charge is 2.32. The number of hydrogen-bond acceptors (Lipinski definition) is 4. The van der Waals surface area contributed by atoms with E-state index >= 15 is 0 Å². The lowest BCUT2D eigenvalue weighted by atomic mass is 10.1. The van der Waals surface area contributed by atoms with Gasteiger partial charge in [0.2, 0.25) is 21.8 Å². The van der Waals surface area contributed by atoms with Crippen LogP contribution in [-0.4, -0.2) is 56.1 Å². The molecular weight excluding hydrogens is 462 g/mol. The van der Waals surface area contributed by atoms with Crippen molar-refractivity contribution in [2.45, 2.75) is 65.5 Å². The number of benzene rings is 2. The van der Waals surface area contributed by atoms with Crippen LogP contribution in [0.2, 0.25) is 0 Å². The van der Waals surface area contributed by atoms with Crippen LogP contribution in [0.5, 0.6) is 0 Å². The SMILES string of the molecule is CCc1ccc(N(CC(=O)N(CCc2ccccc2)[C@@H](CC)C(=O)NC(C)(C)C)S(C)(=O)=O)cc1. The molecule has 0 heterocycles. The Morgan fingerprint density at radius 2 is 1.54 bits per heavy atom. The third-order valence-corrected chi connectivity index (χ3v) is 6.82. The highest BCUT2D eigenvalue weighted by atomic mass is 32.2. The molecule has 0 aliphatic rings. The molecule has 0 aromatic heterocycles. The van der Waals surface area contributed by atoms with Crippen molar-refractivity contribution in [3.8, 4) is 0 Å². The minimum atomic E-state index is -3.73. The van der Waals surface area contributed by atoms with Crippen LogP contribution in [0.4, 0.5) is 5.69 Å². The number of rotatable bonds is 11. The van der Waals surface area contributed by atoms with E-state index in [-0.39, 0.29) is 12.5 Å². The van der Waals surface area contributed by atoms with E-state index in [1.807, 2.05) is 77.1 Å². The Labute approximate surface area is 210 Å². The fourth-order valence-electron chi connectivity index (χ4n) is 3.86. The van der Waals surface area contributed by atoms with Crippen LogP contribution >= 0.6 is 0 Å². The lowest BCUT2D eigenvalue weighted by Crippen LogP contribution is -2.56. The molecule has 2 rings (SSSR count). The molecule has 192 valence electrons. The van der Waals surface area contributed by atoms with Crippen molar-refractivity contribution >= 4 is 27.5 Å². The lowest BCUT2D eigenvalue weighted by Gasteiger charge is -2.34. The van der Waals surface area contributed by atoms with Gasteiger partial charge in [-0.05, 0) is 63.3 Å². The van der Waals surface area contributed by atoms with E-state index in [2.05, 4.69) is 5.32 Å². The lowest BCUT2D eigenvalue weighted by molar-refractivity contribution is -0.140. The molecule has 0 aliphatic heterocycles. The normalized spacial score (nSPS) is 12.6. The van der Waals surface area contributed by atoms with Crippen molar-refractivity contribution in [3.05, 3.63) is 65.7 Å². The third-order valence-electron chi connectivity index (χ3n) is 5.68. The fraction of sp³-hybridized carbons (Fsp3) is 0.481. The van der Waals surface area contributed by atoms with Gasteiger partial charge >= 0.3 is 0 Å².